The number of nitrogens with one attached hydrogen (secondary N) is 1. The predicted octanol–water partition coefficient (Wildman–Crippen LogP) is 2.96. The summed E-state index contributed by atoms with van der Waals surface area (Å²) in [7, 11) is 1.66. The van der Waals surface area contributed by atoms with Gasteiger partial charge in [-0.1, -0.05) is 12.1 Å². The number of aryl methyl sites for hydroxylation is 1. The van der Waals surface area contributed by atoms with E-state index in [0.29, 0.717) is 13.0 Å². The molecule has 0 aliphatic heterocycles. The molecule has 0 bridgehead atoms. The highest BCUT2D eigenvalue weighted by molar-refractivity contribution is 5.86. The average Bonchev–Trinajstić information content (AvgIpc) is 3.30. The van der Waals surface area contributed by atoms with Gasteiger partial charge in [0.15, 0.2) is 11.5 Å². The summed E-state index contributed by atoms with van der Waals surface area (Å²) in [6.07, 6.45) is 4.25. The van der Waals surface area contributed by atoms with Crippen molar-refractivity contribution in [2.45, 2.75) is 25.9 Å². The fourth-order valence-electron chi connectivity index (χ4n) is 3.32. The van der Waals surface area contributed by atoms with Crippen LogP contribution in [0.15, 0.2) is 54.9 Å². The van der Waals surface area contributed by atoms with E-state index in [1.54, 1.807) is 7.11 Å². The Morgan fingerprint density at radius 3 is 2.89 bits per heavy atom. The summed E-state index contributed by atoms with van der Waals surface area (Å²) in [4.78, 5) is 12.4. The molecule has 0 aliphatic carbocycles. The monoisotopic (exact) mass is 363 g/mol. The first-order valence-corrected chi connectivity index (χ1v) is 8.88. The first-order chi connectivity index (χ1) is 13.2. The molecule has 0 spiro atoms. The van der Waals surface area contributed by atoms with Crippen molar-refractivity contribution in [2.75, 3.05) is 7.11 Å². The maximum Gasteiger partial charge on any atom is 0.222 e. The summed E-state index contributed by atoms with van der Waals surface area (Å²) in [5.41, 5.74) is 1.82. The molecule has 138 valence electrons. The molecule has 1 amide bonds. The van der Waals surface area contributed by atoms with Crippen molar-refractivity contribution in [3.63, 3.8) is 0 Å². The van der Waals surface area contributed by atoms with Crippen molar-refractivity contribution < 1.29 is 9.53 Å². The van der Waals surface area contributed by atoms with Crippen LogP contribution < -0.4 is 10.1 Å². The molecule has 3 heterocycles. The van der Waals surface area contributed by atoms with Crippen LogP contribution in [0.5, 0.6) is 5.75 Å². The fraction of sp³-hybridized carbons (Fsp3) is 0.250. The first-order valence-electron chi connectivity index (χ1n) is 8.88. The Morgan fingerprint density at radius 1 is 1.15 bits per heavy atom. The molecule has 0 saturated carbocycles. The second kappa shape index (κ2) is 7.11. The second-order valence-electron chi connectivity index (χ2n) is 6.43. The molecule has 0 radical (unpaired) electrons. The normalized spacial score (nSPS) is 12.4. The lowest BCUT2D eigenvalue weighted by atomic mass is 10.2. The number of methoxy groups -OCH3 is 1. The molecular formula is C20H21N5O2. The minimum atomic E-state index is -0.226. The summed E-state index contributed by atoms with van der Waals surface area (Å²) >= 11 is 0. The van der Waals surface area contributed by atoms with Gasteiger partial charge in [-0.3, -0.25) is 9.20 Å². The van der Waals surface area contributed by atoms with Gasteiger partial charge in [0.2, 0.25) is 5.91 Å². The lowest BCUT2D eigenvalue weighted by molar-refractivity contribution is -0.122. The highest BCUT2D eigenvalue weighted by Crippen LogP contribution is 2.26. The van der Waals surface area contributed by atoms with E-state index in [0.717, 1.165) is 28.1 Å². The number of nitrogens with zero attached hydrogens (tertiary/aromatic N) is 4. The Hall–Kier alpha value is -3.35. The summed E-state index contributed by atoms with van der Waals surface area (Å²) in [6, 6.07) is 13.4. The molecule has 0 fully saturated rings. The quantitative estimate of drug-likeness (QED) is 0.572. The standard InChI is InChI=1S/C20H21N5O2/c1-14(20-23-22-18-8-3-4-11-25(18)20)21-19(26)10-13-24-12-9-15-16(24)6-5-7-17(15)27-2/h3-9,11-12,14H,10,13H2,1-2H3,(H,21,26). The Kier molecular flexibility index (Phi) is 4.50. The number of rotatable bonds is 6. The van der Waals surface area contributed by atoms with Crippen molar-refractivity contribution in [2.24, 2.45) is 0 Å². The van der Waals surface area contributed by atoms with Crippen molar-refractivity contribution in [1.82, 2.24) is 24.5 Å². The number of carbonyl (C=O) groups excluding carboxylic acids is 1. The third-order valence-corrected chi connectivity index (χ3v) is 4.68. The molecule has 1 N–H and O–H groups in total. The van der Waals surface area contributed by atoms with Gasteiger partial charge in [-0.25, -0.2) is 0 Å². The van der Waals surface area contributed by atoms with Gasteiger partial charge in [-0.05, 0) is 37.3 Å². The van der Waals surface area contributed by atoms with Gasteiger partial charge in [0.1, 0.15) is 5.75 Å². The topological polar surface area (TPSA) is 73.4 Å². The van der Waals surface area contributed by atoms with Crippen molar-refractivity contribution in [3.05, 3.63) is 60.7 Å². The van der Waals surface area contributed by atoms with Crippen LogP contribution in [0, 0.1) is 0 Å². The Labute approximate surface area is 156 Å². The molecule has 4 rings (SSSR count). The number of carbonyl (C=O) groups is 1. The van der Waals surface area contributed by atoms with E-state index < -0.39 is 0 Å². The maximum absolute atomic E-state index is 12.4. The van der Waals surface area contributed by atoms with E-state index in [-0.39, 0.29) is 11.9 Å². The number of benzene rings is 1. The lowest BCUT2D eigenvalue weighted by Crippen LogP contribution is -2.28. The first kappa shape index (κ1) is 17.1. The Bertz CT molecular complexity index is 1100. The van der Waals surface area contributed by atoms with E-state index in [1.165, 1.54) is 0 Å². The highest BCUT2D eigenvalue weighted by Gasteiger charge is 2.16. The van der Waals surface area contributed by atoms with Gasteiger partial charge in [-0.2, -0.15) is 0 Å². The molecule has 7 heteroatoms. The zero-order valence-corrected chi connectivity index (χ0v) is 15.3. The molecule has 3 aromatic heterocycles. The fourth-order valence-corrected chi connectivity index (χ4v) is 3.32. The summed E-state index contributed by atoms with van der Waals surface area (Å²) in [5.74, 6) is 1.53. The molecule has 0 aliphatic rings. The Morgan fingerprint density at radius 2 is 2.04 bits per heavy atom. The van der Waals surface area contributed by atoms with E-state index >= 15 is 0 Å². The number of fused-ring (bicyclic) bond motifs is 2. The zero-order chi connectivity index (χ0) is 18.8. The van der Waals surface area contributed by atoms with Gasteiger partial charge in [-0.15, -0.1) is 10.2 Å². The van der Waals surface area contributed by atoms with Gasteiger partial charge >= 0.3 is 0 Å². The minimum Gasteiger partial charge on any atom is -0.496 e. The van der Waals surface area contributed by atoms with Crippen LogP contribution in [0.3, 0.4) is 0 Å². The molecule has 1 unspecified atom stereocenters. The van der Waals surface area contributed by atoms with E-state index in [9.17, 15) is 4.79 Å². The third-order valence-electron chi connectivity index (χ3n) is 4.68. The van der Waals surface area contributed by atoms with Crippen molar-refractivity contribution in [1.29, 1.82) is 0 Å². The van der Waals surface area contributed by atoms with Gasteiger partial charge in [0.25, 0.3) is 0 Å². The van der Waals surface area contributed by atoms with Crippen LogP contribution >= 0.6 is 0 Å². The molecule has 4 aromatic rings. The summed E-state index contributed by atoms with van der Waals surface area (Å²) < 4.78 is 9.34. The molecular weight excluding hydrogens is 342 g/mol. The number of hydrogen-bond donors (Lipinski definition) is 1. The van der Waals surface area contributed by atoms with Crippen molar-refractivity contribution in [3.8, 4) is 5.75 Å². The van der Waals surface area contributed by atoms with E-state index in [2.05, 4.69) is 20.1 Å². The highest BCUT2D eigenvalue weighted by atomic mass is 16.5. The summed E-state index contributed by atoms with van der Waals surface area (Å²) in [6.45, 7) is 2.51. The minimum absolute atomic E-state index is 0.0278. The van der Waals surface area contributed by atoms with Crippen LogP contribution in [-0.4, -0.2) is 32.2 Å². The number of aromatic nitrogens is 4. The maximum atomic E-state index is 12.4. The molecule has 0 saturated heterocycles. The average molecular weight is 363 g/mol. The Balaban J connectivity index is 1.43. The molecule has 1 aromatic carbocycles. The zero-order valence-electron chi connectivity index (χ0n) is 15.3. The number of pyridine rings is 1. The van der Waals surface area contributed by atoms with Crippen LogP contribution in [0.25, 0.3) is 16.6 Å². The number of hydrogen-bond acceptors (Lipinski definition) is 4. The second-order valence-corrected chi connectivity index (χ2v) is 6.43. The smallest absolute Gasteiger partial charge is 0.222 e. The lowest BCUT2D eigenvalue weighted by Gasteiger charge is -2.13. The molecule has 1 atom stereocenters. The van der Waals surface area contributed by atoms with E-state index in [4.69, 9.17) is 4.74 Å². The van der Waals surface area contributed by atoms with Crippen LogP contribution in [-0.2, 0) is 11.3 Å². The van der Waals surface area contributed by atoms with Crippen LogP contribution in [0.4, 0.5) is 0 Å². The predicted molar refractivity (Wildman–Crippen MR) is 103 cm³/mol. The van der Waals surface area contributed by atoms with Gasteiger partial charge < -0.3 is 14.6 Å². The molecule has 27 heavy (non-hydrogen) atoms. The van der Waals surface area contributed by atoms with Crippen LogP contribution in [0.2, 0.25) is 0 Å². The van der Waals surface area contributed by atoms with Crippen LogP contribution in [0.1, 0.15) is 25.2 Å². The third kappa shape index (κ3) is 3.23. The SMILES string of the molecule is COc1cccc2c1ccn2CCC(=O)NC(C)c1nnc2ccccn12. The molecule has 7 nitrogen and oxygen atoms in total. The largest absolute Gasteiger partial charge is 0.496 e. The number of ether oxygens (including phenoxy) is 1. The van der Waals surface area contributed by atoms with E-state index in [1.807, 2.05) is 66.2 Å². The summed E-state index contributed by atoms with van der Waals surface area (Å²) in [5, 5.41) is 12.4. The van der Waals surface area contributed by atoms with Gasteiger partial charge in [0, 0.05) is 30.7 Å². The van der Waals surface area contributed by atoms with Gasteiger partial charge in [0.05, 0.1) is 18.7 Å². The number of amides is 1. The van der Waals surface area contributed by atoms with Crippen molar-refractivity contribution >= 4 is 22.5 Å².